The number of nitrogens with one attached hydrogen (secondary N) is 1. The van der Waals surface area contributed by atoms with E-state index in [0.29, 0.717) is 6.04 Å². The van der Waals surface area contributed by atoms with Crippen LogP contribution in [0.3, 0.4) is 0 Å². The summed E-state index contributed by atoms with van der Waals surface area (Å²) in [4.78, 5) is 18.8. The van der Waals surface area contributed by atoms with E-state index in [1.807, 2.05) is 24.6 Å². The van der Waals surface area contributed by atoms with Gasteiger partial charge in [-0.05, 0) is 50.1 Å². The first kappa shape index (κ1) is 15.9. The Morgan fingerprint density at radius 3 is 2.96 bits per heavy atom. The Morgan fingerprint density at radius 1 is 1.38 bits per heavy atom. The number of aryl methyl sites for hydroxylation is 2. The van der Waals surface area contributed by atoms with Crippen LogP contribution < -0.4 is 10.1 Å². The molecule has 1 N–H and O–H groups in total. The number of aromatic nitrogens is 2. The summed E-state index contributed by atoms with van der Waals surface area (Å²) in [5.74, 6) is 1.73. The number of amides is 1. The summed E-state index contributed by atoms with van der Waals surface area (Å²) in [6.45, 7) is 1.98. The summed E-state index contributed by atoms with van der Waals surface area (Å²) in [5, 5.41) is 5.21. The van der Waals surface area contributed by atoms with E-state index in [4.69, 9.17) is 9.72 Å². The minimum absolute atomic E-state index is 0.0164. The lowest BCUT2D eigenvalue weighted by Crippen LogP contribution is -2.28. The molecule has 5 rings (SSSR count). The van der Waals surface area contributed by atoms with E-state index in [2.05, 4.69) is 22.8 Å². The Balaban J connectivity index is 1.65. The van der Waals surface area contributed by atoms with Crippen LogP contribution in [0.2, 0.25) is 0 Å². The minimum atomic E-state index is 0.0164. The molecular formula is C20H21N3O2S. The lowest BCUT2D eigenvalue weighted by atomic mass is 9.95. The van der Waals surface area contributed by atoms with Crippen LogP contribution >= 0.6 is 11.3 Å². The van der Waals surface area contributed by atoms with Crippen LogP contribution in [0.25, 0.3) is 11.0 Å². The number of fused-ring (bicyclic) bond motifs is 3. The van der Waals surface area contributed by atoms with Gasteiger partial charge in [0.15, 0.2) is 5.75 Å². The van der Waals surface area contributed by atoms with Crippen LogP contribution in [0, 0.1) is 6.92 Å². The summed E-state index contributed by atoms with van der Waals surface area (Å²) in [6.07, 6.45) is 3.91. The van der Waals surface area contributed by atoms with Crippen molar-refractivity contribution in [3.05, 3.63) is 45.4 Å². The topological polar surface area (TPSA) is 56.2 Å². The molecule has 1 amide bonds. The smallest absolute Gasteiger partial charge is 0.251 e. The average molecular weight is 367 g/mol. The maximum atomic E-state index is 12.8. The van der Waals surface area contributed by atoms with Gasteiger partial charge in [0.1, 0.15) is 17.4 Å². The van der Waals surface area contributed by atoms with Gasteiger partial charge in [-0.15, -0.1) is 11.3 Å². The number of hydrogen-bond acceptors (Lipinski definition) is 4. The van der Waals surface area contributed by atoms with Crippen molar-refractivity contribution in [2.45, 2.75) is 44.8 Å². The normalized spacial score (nSPS) is 19.2. The molecule has 0 unspecified atom stereocenters. The van der Waals surface area contributed by atoms with Gasteiger partial charge in [-0.25, -0.2) is 4.98 Å². The van der Waals surface area contributed by atoms with Crippen LogP contribution in [0.5, 0.6) is 5.75 Å². The zero-order valence-electron chi connectivity index (χ0n) is 14.9. The predicted octanol–water partition coefficient (Wildman–Crippen LogP) is 3.90. The Bertz CT molecular complexity index is 1000. The molecular weight excluding hydrogens is 346 g/mol. The van der Waals surface area contributed by atoms with Crippen molar-refractivity contribution in [2.75, 3.05) is 0 Å². The summed E-state index contributed by atoms with van der Waals surface area (Å²) in [6, 6.07) is 6.50. The lowest BCUT2D eigenvalue weighted by molar-refractivity contribution is 0.0947. The fourth-order valence-electron chi connectivity index (χ4n) is 3.67. The molecule has 0 saturated heterocycles. The quantitative estimate of drug-likeness (QED) is 0.764. The molecule has 3 aromatic rings. The van der Waals surface area contributed by atoms with E-state index in [9.17, 15) is 4.79 Å². The molecule has 0 radical (unpaired) electrons. The summed E-state index contributed by atoms with van der Waals surface area (Å²) >= 11 is 1.72. The average Bonchev–Trinajstić information content (AvgIpc) is 3.18. The Morgan fingerprint density at radius 2 is 2.23 bits per heavy atom. The highest BCUT2D eigenvalue weighted by molar-refractivity contribution is 7.10. The first-order valence-corrected chi connectivity index (χ1v) is 9.99. The van der Waals surface area contributed by atoms with Gasteiger partial charge < -0.3 is 14.6 Å². The number of thiophene rings is 1. The van der Waals surface area contributed by atoms with Crippen molar-refractivity contribution in [1.29, 1.82) is 0 Å². The van der Waals surface area contributed by atoms with Gasteiger partial charge in [0, 0.05) is 29.1 Å². The second kappa shape index (κ2) is 5.84. The van der Waals surface area contributed by atoms with Crippen molar-refractivity contribution >= 4 is 28.3 Å². The zero-order valence-corrected chi connectivity index (χ0v) is 15.7. The first-order valence-electron chi connectivity index (χ1n) is 9.11. The van der Waals surface area contributed by atoms with Crippen LogP contribution in [-0.4, -0.2) is 21.5 Å². The van der Waals surface area contributed by atoms with E-state index in [-0.39, 0.29) is 12.0 Å². The largest absolute Gasteiger partial charge is 0.482 e. The number of benzene rings is 1. The number of hydrogen-bond donors (Lipinski definition) is 1. The highest BCUT2D eigenvalue weighted by Crippen LogP contribution is 2.42. The molecule has 1 aliphatic carbocycles. The fourth-order valence-corrected chi connectivity index (χ4v) is 4.46. The van der Waals surface area contributed by atoms with Crippen molar-refractivity contribution in [3.8, 4) is 5.75 Å². The lowest BCUT2D eigenvalue weighted by Gasteiger charge is -2.27. The molecule has 6 heteroatoms. The van der Waals surface area contributed by atoms with Crippen LogP contribution in [0.15, 0.2) is 23.6 Å². The van der Waals surface area contributed by atoms with E-state index < -0.39 is 0 Å². The molecule has 26 heavy (non-hydrogen) atoms. The highest BCUT2D eigenvalue weighted by atomic mass is 32.1. The molecule has 0 spiro atoms. The number of carbonyl (C=O) groups is 1. The molecule has 3 heterocycles. The molecule has 1 saturated carbocycles. The molecule has 1 aromatic carbocycles. The SMILES string of the molecule is Cc1nc2c3c(c(C(=O)NC4CC4)cc2n1C)CC[C@@H](c1cccs1)O3. The molecule has 1 fully saturated rings. The zero-order chi connectivity index (χ0) is 17.8. The van der Waals surface area contributed by atoms with Crippen LogP contribution in [0.4, 0.5) is 0 Å². The van der Waals surface area contributed by atoms with Crippen LogP contribution in [0.1, 0.15) is 52.0 Å². The Labute approximate surface area is 156 Å². The minimum Gasteiger partial charge on any atom is -0.482 e. The molecule has 2 aliphatic rings. The molecule has 5 nitrogen and oxygen atoms in total. The second-order valence-corrected chi connectivity index (χ2v) is 8.21. The molecule has 1 aliphatic heterocycles. The number of imidazole rings is 1. The van der Waals surface area contributed by atoms with Crippen molar-refractivity contribution in [2.24, 2.45) is 7.05 Å². The third-order valence-electron chi connectivity index (χ3n) is 5.39. The van der Waals surface area contributed by atoms with Gasteiger partial charge in [0.25, 0.3) is 5.91 Å². The Hall–Kier alpha value is -2.34. The predicted molar refractivity (Wildman–Crippen MR) is 102 cm³/mol. The van der Waals surface area contributed by atoms with Gasteiger partial charge in [0.2, 0.25) is 0 Å². The molecule has 0 bridgehead atoms. The third-order valence-corrected chi connectivity index (χ3v) is 6.36. The number of nitrogens with zero attached hydrogens (tertiary/aromatic N) is 2. The monoisotopic (exact) mass is 367 g/mol. The number of ether oxygens (including phenoxy) is 1. The molecule has 2 aromatic heterocycles. The van der Waals surface area contributed by atoms with Crippen molar-refractivity contribution in [3.63, 3.8) is 0 Å². The molecule has 134 valence electrons. The van der Waals surface area contributed by atoms with E-state index >= 15 is 0 Å². The van der Waals surface area contributed by atoms with E-state index in [1.54, 1.807) is 11.3 Å². The van der Waals surface area contributed by atoms with Gasteiger partial charge in [-0.3, -0.25) is 4.79 Å². The number of rotatable bonds is 3. The first-order chi connectivity index (χ1) is 12.6. The maximum Gasteiger partial charge on any atom is 0.251 e. The summed E-state index contributed by atoms with van der Waals surface area (Å²) in [5.41, 5.74) is 3.56. The molecule has 1 atom stereocenters. The maximum absolute atomic E-state index is 12.8. The third kappa shape index (κ3) is 2.51. The van der Waals surface area contributed by atoms with Gasteiger partial charge in [-0.2, -0.15) is 0 Å². The van der Waals surface area contributed by atoms with Crippen molar-refractivity contribution in [1.82, 2.24) is 14.9 Å². The fraction of sp³-hybridized carbons (Fsp3) is 0.400. The van der Waals surface area contributed by atoms with Gasteiger partial charge in [-0.1, -0.05) is 6.07 Å². The van der Waals surface area contributed by atoms with E-state index in [0.717, 1.165) is 59.4 Å². The summed E-state index contributed by atoms with van der Waals surface area (Å²) < 4.78 is 8.45. The van der Waals surface area contributed by atoms with Crippen molar-refractivity contribution < 1.29 is 9.53 Å². The standard InChI is InChI=1S/C20H21N3O2S/c1-11-21-18-15(23(11)2)10-14(20(24)22-12-5-6-12)13-7-8-16(25-19(13)18)17-4-3-9-26-17/h3-4,9-10,12,16H,5-8H2,1-2H3,(H,22,24)/t16-/m0/s1. The van der Waals surface area contributed by atoms with Gasteiger partial charge >= 0.3 is 0 Å². The highest BCUT2D eigenvalue weighted by Gasteiger charge is 2.31. The van der Waals surface area contributed by atoms with E-state index in [1.165, 1.54) is 4.88 Å². The Kier molecular flexibility index (Phi) is 3.57. The van der Waals surface area contributed by atoms with Gasteiger partial charge in [0.05, 0.1) is 5.52 Å². The number of carbonyl (C=O) groups excluding carboxylic acids is 1. The summed E-state index contributed by atoms with van der Waals surface area (Å²) in [7, 11) is 1.99. The van der Waals surface area contributed by atoms with Crippen LogP contribution in [-0.2, 0) is 13.5 Å². The second-order valence-electron chi connectivity index (χ2n) is 7.23.